The molecule has 0 radical (unpaired) electrons. The van der Waals surface area contributed by atoms with Crippen LogP contribution in [0.4, 0.5) is 17.1 Å². The summed E-state index contributed by atoms with van der Waals surface area (Å²) in [6, 6.07) is 67.2. The first-order valence-electron chi connectivity index (χ1n) is 17.8. The zero-order valence-corrected chi connectivity index (χ0v) is 28.2. The highest BCUT2D eigenvalue weighted by molar-refractivity contribution is 6.11. The second-order valence-corrected chi connectivity index (χ2v) is 13.6. The molecule has 11 rings (SSSR count). The molecular weight excluding hydrogens is 635 g/mol. The van der Waals surface area contributed by atoms with Crippen LogP contribution < -0.4 is 4.90 Å². The lowest BCUT2D eigenvalue weighted by Gasteiger charge is -2.34. The first kappa shape index (κ1) is 28.9. The second-order valence-electron chi connectivity index (χ2n) is 13.6. The minimum atomic E-state index is -0.549. The molecular formula is C49H31NO2. The highest BCUT2D eigenvalue weighted by atomic mass is 16.3. The molecule has 3 heteroatoms. The Kier molecular flexibility index (Phi) is 6.17. The largest absolute Gasteiger partial charge is 0.456 e. The molecule has 0 saturated carbocycles. The molecule has 1 aliphatic rings. The summed E-state index contributed by atoms with van der Waals surface area (Å²) in [5.41, 5.74) is 13.6. The van der Waals surface area contributed by atoms with Gasteiger partial charge in [-0.25, -0.2) is 0 Å². The highest BCUT2D eigenvalue weighted by Gasteiger charge is 2.47. The van der Waals surface area contributed by atoms with E-state index >= 15 is 0 Å². The molecule has 0 N–H and O–H groups in total. The predicted octanol–water partition coefficient (Wildman–Crippen LogP) is 13.3. The Balaban J connectivity index is 1.19. The fourth-order valence-electron chi connectivity index (χ4n) is 8.82. The average Bonchev–Trinajstić information content (AvgIpc) is 3.87. The maximum atomic E-state index is 6.71. The van der Waals surface area contributed by atoms with E-state index in [4.69, 9.17) is 8.83 Å². The molecule has 0 fully saturated rings. The van der Waals surface area contributed by atoms with Gasteiger partial charge in [0.25, 0.3) is 0 Å². The van der Waals surface area contributed by atoms with Gasteiger partial charge in [0.15, 0.2) is 0 Å². The van der Waals surface area contributed by atoms with Gasteiger partial charge in [-0.2, -0.15) is 0 Å². The van der Waals surface area contributed by atoms with Crippen molar-refractivity contribution < 1.29 is 8.83 Å². The molecule has 244 valence electrons. The summed E-state index contributed by atoms with van der Waals surface area (Å²) < 4.78 is 13.1. The van der Waals surface area contributed by atoms with Gasteiger partial charge in [-0.15, -0.1) is 0 Å². The number of hydrogen-bond acceptors (Lipinski definition) is 3. The van der Waals surface area contributed by atoms with Crippen molar-refractivity contribution in [3.63, 3.8) is 0 Å². The van der Waals surface area contributed by atoms with Gasteiger partial charge >= 0.3 is 0 Å². The van der Waals surface area contributed by atoms with Gasteiger partial charge in [-0.05, 0) is 88.0 Å². The predicted molar refractivity (Wildman–Crippen MR) is 213 cm³/mol. The molecule has 10 aromatic rings. The topological polar surface area (TPSA) is 29.5 Å². The van der Waals surface area contributed by atoms with Crippen LogP contribution in [0.5, 0.6) is 0 Å². The smallest absolute Gasteiger partial charge is 0.137 e. The Hall–Kier alpha value is -6.84. The van der Waals surface area contributed by atoms with Crippen LogP contribution >= 0.6 is 0 Å². The number of fused-ring (bicyclic) bond motifs is 9. The van der Waals surface area contributed by atoms with E-state index in [1.807, 2.05) is 12.1 Å². The normalized spacial score (nSPS) is 13.2. The van der Waals surface area contributed by atoms with Crippen molar-refractivity contribution in [1.82, 2.24) is 0 Å². The van der Waals surface area contributed by atoms with E-state index in [2.05, 4.69) is 181 Å². The third-order valence-electron chi connectivity index (χ3n) is 10.9. The van der Waals surface area contributed by atoms with Crippen molar-refractivity contribution in [2.75, 3.05) is 4.90 Å². The van der Waals surface area contributed by atoms with E-state index in [1.165, 1.54) is 33.4 Å². The van der Waals surface area contributed by atoms with E-state index in [-0.39, 0.29) is 0 Å². The van der Waals surface area contributed by atoms with Gasteiger partial charge in [-0.1, -0.05) is 127 Å². The summed E-state index contributed by atoms with van der Waals surface area (Å²) >= 11 is 0. The Morgan fingerprint density at radius 1 is 0.346 bits per heavy atom. The average molecular weight is 666 g/mol. The van der Waals surface area contributed by atoms with Crippen molar-refractivity contribution in [3.8, 4) is 11.1 Å². The Bertz CT molecular complexity index is 2930. The second kappa shape index (κ2) is 11.1. The summed E-state index contributed by atoms with van der Waals surface area (Å²) in [5.74, 6) is 0. The van der Waals surface area contributed by atoms with E-state index in [0.717, 1.165) is 60.9 Å². The van der Waals surface area contributed by atoms with Crippen molar-refractivity contribution in [3.05, 3.63) is 210 Å². The van der Waals surface area contributed by atoms with Crippen molar-refractivity contribution in [2.24, 2.45) is 0 Å². The molecule has 8 aromatic carbocycles. The fourth-order valence-corrected chi connectivity index (χ4v) is 8.82. The Labute approximate surface area is 300 Å². The lowest BCUT2D eigenvalue weighted by atomic mass is 9.66. The minimum Gasteiger partial charge on any atom is -0.456 e. The van der Waals surface area contributed by atoms with Gasteiger partial charge in [-0.3, -0.25) is 0 Å². The molecule has 0 unspecified atom stereocenters. The van der Waals surface area contributed by atoms with E-state index < -0.39 is 5.41 Å². The number of benzene rings is 8. The van der Waals surface area contributed by atoms with Crippen LogP contribution in [0, 0.1) is 0 Å². The van der Waals surface area contributed by atoms with Gasteiger partial charge in [0.05, 0.1) is 5.41 Å². The quantitative estimate of drug-likeness (QED) is 0.183. The zero-order chi connectivity index (χ0) is 34.2. The van der Waals surface area contributed by atoms with Crippen LogP contribution in [-0.2, 0) is 5.41 Å². The molecule has 2 heterocycles. The van der Waals surface area contributed by atoms with Crippen molar-refractivity contribution in [2.45, 2.75) is 5.41 Å². The van der Waals surface area contributed by atoms with Crippen LogP contribution in [0.15, 0.2) is 197 Å². The van der Waals surface area contributed by atoms with Crippen LogP contribution in [0.2, 0.25) is 0 Å². The Morgan fingerprint density at radius 3 is 1.69 bits per heavy atom. The van der Waals surface area contributed by atoms with Crippen molar-refractivity contribution >= 4 is 60.9 Å². The summed E-state index contributed by atoms with van der Waals surface area (Å²) in [5, 5.41) is 4.43. The molecule has 2 aromatic heterocycles. The van der Waals surface area contributed by atoms with Gasteiger partial charge in [0, 0.05) is 44.7 Å². The van der Waals surface area contributed by atoms with Crippen LogP contribution in [0.1, 0.15) is 22.3 Å². The number of nitrogens with zero attached hydrogens (tertiary/aromatic N) is 1. The van der Waals surface area contributed by atoms with E-state index in [9.17, 15) is 0 Å². The van der Waals surface area contributed by atoms with Crippen LogP contribution in [0.3, 0.4) is 0 Å². The number of hydrogen-bond donors (Lipinski definition) is 0. The summed E-state index contributed by atoms with van der Waals surface area (Å²) in [4.78, 5) is 2.31. The third-order valence-corrected chi connectivity index (χ3v) is 10.9. The highest BCUT2D eigenvalue weighted by Crippen LogP contribution is 2.58. The summed E-state index contributed by atoms with van der Waals surface area (Å²) in [6.45, 7) is 0. The standard InChI is InChI=1S/C49H31NO2/c1-3-14-32(15-4-1)49(41-21-10-7-18-36(41)37-19-8-11-22-42(37)49)43-23-13-25-46-48(43)40-30-34(27-29-45(40)51-46)50(33-16-5-2-6-17-33)35-26-28-39-38-20-9-12-24-44(38)52-47(39)31-35/h1-31H. The fraction of sp³-hybridized carbons (Fsp3) is 0.0204. The minimum absolute atomic E-state index is 0.549. The third kappa shape index (κ3) is 4.02. The van der Waals surface area contributed by atoms with E-state index in [1.54, 1.807) is 0 Å². The molecule has 0 saturated heterocycles. The molecule has 0 spiro atoms. The van der Waals surface area contributed by atoms with Crippen LogP contribution in [-0.4, -0.2) is 0 Å². The van der Waals surface area contributed by atoms with Crippen molar-refractivity contribution in [1.29, 1.82) is 0 Å². The molecule has 3 nitrogen and oxygen atoms in total. The SMILES string of the molecule is c1ccc(N(c2ccc3c(c2)oc2ccccc23)c2ccc3oc4cccc(C5(c6ccccc6)c6ccccc6-c6ccccc65)c4c3c2)cc1. The first-order chi connectivity index (χ1) is 25.8. The molecule has 0 atom stereocenters. The summed E-state index contributed by atoms with van der Waals surface area (Å²) in [6.07, 6.45) is 0. The van der Waals surface area contributed by atoms with Gasteiger partial charge in [0.1, 0.15) is 22.3 Å². The van der Waals surface area contributed by atoms with Gasteiger partial charge in [0.2, 0.25) is 0 Å². The number of anilines is 3. The van der Waals surface area contributed by atoms with E-state index in [0.29, 0.717) is 0 Å². The zero-order valence-electron chi connectivity index (χ0n) is 28.2. The first-order valence-corrected chi connectivity index (χ1v) is 17.8. The molecule has 0 amide bonds. The molecule has 0 aliphatic heterocycles. The number of furan rings is 2. The summed E-state index contributed by atoms with van der Waals surface area (Å²) in [7, 11) is 0. The number of para-hydroxylation sites is 2. The van der Waals surface area contributed by atoms with Crippen LogP contribution in [0.25, 0.3) is 55.0 Å². The lowest BCUT2D eigenvalue weighted by molar-refractivity contribution is 0.667. The Morgan fingerprint density at radius 2 is 0.904 bits per heavy atom. The molecule has 52 heavy (non-hydrogen) atoms. The maximum Gasteiger partial charge on any atom is 0.137 e. The lowest BCUT2D eigenvalue weighted by Crippen LogP contribution is -2.28. The van der Waals surface area contributed by atoms with Gasteiger partial charge < -0.3 is 13.7 Å². The maximum absolute atomic E-state index is 6.71. The molecule has 1 aliphatic carbocycles. The monoisotopic (exact) mass is 665 g/mol. The number of rotatable bonds is 5. The molecule has 0 bridgehead atoms.